The van der Waals surface area contributed by atoms with Gasteiger partial charge in [-0.25, -0.2) is 0 Å². The Kier molecular flexibility index (Phi) is 8.06. The number of thioether (sulfide) groups is 2. The molecule has 0 atom stereocenters. The van der Waals surface area contributed by atoms with E-state index in [0.717, 1.165) is 41.2 Å². The van der Waals surface area contributed by atoms with Crippen LogP contribution in [-0.4, -0.2) is 27.1 Å². The predicted molar refractivity (Wildman–Crippen MR) is 118 cm³/mol. The summed E-state index contributed by atoms with van der Waals surface area (Å²) in [5, 5.41) is 9.73. The van der Waals surface area contributed by atoms with E-state index < -0.39 is 0 Å². The zero-order chi connectivity index (χ0) is 19.6. The van der Waals surface area contributed by atoms with Gasteiger partial charge < -0.3 is 9.30 Å². The van der Waals surface area contributed by atoms with E-state index in [9.17, 15) is 0 Å². The van der Waals surface area contributed by atoms with Gasteiger partial charge in [0.1, 0.15) is 11.6 Å². The zero-order valence-electron chi connectivity index (χ0n) is 16.1. The van der Waals surface area contributed by atoms with Gasteiger partial charge in [0.15, 0.2) is 5.16 Å². The summed E-state index contributed by atoms with van der Waals surface area (Å²) in [6.45, 7) is 7.37. The molecule has 0 aliphatic rings. The van der Waals surface area contributed by atoms with Gasteiger partial charge in [0.25, 0.3) is 0 Å². The van der Waals surface area contributed by atoms with Crippen LogP contribution in [0.25, 0.3) is 0 Å². The van der Waals surface area contributed by atoms with Crippen LogP contribution < -0.4 is 4.74 Å². The molecule has 6 heteroatoms. The Morgan fingerprint density at radius 3 is 2.71 bits per heavy atom. The summed E-state index contributed by atoms with van der Waals surface area (Å²) in [6.07, 6.45) is 2.85. The summed E-state index contributed by atoms with van der Waals surface area (Å²) in [5.74, 6) is 3.64. The van der Waals surface area contributed by atoms with E-state index in [0.29, 0.717) is 6.61 Å². The van der Waals surface area contributed by atoms with Crippen molar-refractivity contribution < 1.29 is 4.74 Å². The van der Waals surface area contributed by atoms with Crippen LogP contribution in [0.4, 0.5) is 0 Å². The van der Waals surface area contributed by atoms with Gasteiger partial charge >= 0.3 is 0 Å². The van der Waals surface area contributed by atoms with Crippen LogP contribution in [0.3, 0.4) is 0 Å². The molecule has 4 nitrogen and oxygen atoms in total. The number of hydrogen-bond acceptors (Lipinski definition) is 5. The van der Waals surface area contributed by atoms with E-state index in [-0.39, 0.29) is 0 Å². The van der Waals surface area contributed by atoms with Crippen molar-refractivity contribution in [3.05, 3.63) is 78.6 Å². The highest BCUT2D eigenvalue weighted by atomic mass is 32.2. The highest BCUT2D eigenvalue weighted by Crippen LogP contribution is 2.25. The molecule has 0 N–H and O–H groups in total. The summed E-state index contributed by atoms with van der Waals surface area (Å²) < 4.78 is 7.97. The Labute approximate surface area is 175 Å². The second-order valence-corrected chi connectivity index (χ2v) is 8.38. The van der Waals surface area contributed by atoms with Gasteiger partial charge in [0.2, 0.25) is 0 Å². The van der Waals surface area contributed by atoms with Gasteiger partial charge in [-0.05, 0) is 43.2 Å². The third-order valence-electron chi connectivity index (χ3n) is 3.99. The molecule has 0 amide bonds. The highest BCUT2D eigenvalue weighted by molar-refractivity contribution is 7.99. The Hall–Kier alpha value is -2.18. The van der Waals surface area contributed by atoms with Gasteiger partial charge in [-0.3, -0.25) is 0 Å². The second-order valence-electron chi connectivity index (χ2n) is 6.27. The molecule has 0 saturated carbocycles. The van der Waals surface area contributed by atoms with Crippen molar-refractivity contribution in [2.24, 2.45) is 0 Å². The number of aryl methyl sites for hydroxylation is 1. The lowest BCUT2D eigenvalue weighted by atomic mass is 10.2. The van der Waals surface area contributed by atoms with E-state index in [1.165, 1.54) is 10.5 Å². The van der Waals surface area contributed by atoms with E-state index >= 15 is 0 Å². The van der Waals surface area contributed by atoms with Crippen LogP contribution in [0.15, 0.2) is 77.3 Å². The maximum atomic E-state index is 5.82. The maximum absolute atomic E-state index is 5.82. The minimum absolute atomic E-state index is 0.697. The number of benzene rings is 2. The van der Waals surface area contributed by atoms with Crippen molar-refractivity contribution in [3.63, 3.8) is 0 Å². The summed E-state index contributed by atoms with van der Waals surface area (Å²) in [5.41, 5.74) is 1.21. The average Bonchev–Trinajstić information content (AvgIpc) is 3.09. The predicted octanol–water partition coefficient (Wildman–Crippen LogP) is 5.63. The second kappa shape index (κ2) is 11.0. The molecule has 0 aliphatic carbocycles. The van der Waals surface area contributed by atoms with Crippen molar-refractivity contribution in [2.45, 2.75) is 35.7 Å². The Bertz CT molecular complexity index is 880. The third-order valence-corrected chi connectivity index (χ3v) is 6.06. The molecule has 0 bridgehead atoms. The van der Waals surface area contributed by atoms with E-state index in [1.807, 2.05) is 24.3 Å². The summed E-state index contributed by atoms with van der Waals surface area (Å²) in [6, 6.07) is 18.5. The molecule has 0 fully saturated rings. The zero-order valence-corrected chi connectivity index (χ0v) is 17.7. The summed E-state index contributed by atoms with van der Waals surface area (Å²) >= 11 is 3.49. The fraction of sp³-hybridized carbons (Fsp3) is 0.273. The molecule has 0 radical (unpaired) electrons. The molecule has 0 aliphatic heterocycles. The van der Waals surface area contributed by atoms with E-state index in [2.05, 4.69) is 64.7 Å². The number of ether oxygens (including phenoxy) is 1. The minimum Gasteiger partial charge on any atom is -0.494 e. The van der Waals surface area contributed by atoms with Crippen LogP contribution in [0.5, 0.6) is 5.75 Å². The molecule has 28 heavy (non-hydrogen) atoms. The molecular formula is C22H25N3OS2. The van der Waals surface area contributed by atoms with Crippen molar-refractivity contribution in [2.75, 3.05) is 12.4 Å². The number of rotatable bonds is 11. The molecule has 0 spiro atoms. The Balaban J connectivity index is 1.49. The van der Waals surface area contributed by atoms with Crippen LogP contribution >= 0.6 is 23.5 Å². The van der Waals surface area contributed by atoms with E-state index in [1.54, 1.807) is 23.5 Å². The van der Waals surface area contributed by atoms with Crippen molar-refractivity contribution in [3.8, 4) is 5.75 Å². The smallest absolute Gasteiger partial charge is 0.191 e. The molecule has 2 aromatic carbocycles. The summed E-state index contributed by atoms with van der Waals surface area (Å²) in [4.78, 5) is 1.23. The van der Waals surface area contributed by atoms with Crippen molar-refractivity contribution in [1.82, 2.24) is 14.8 Å². The molecule has 3 aromatic rings. The van der Waals surface area contributed by atoms with Gasteiger partial charge in [-0.15, -0.1) is 28.5 Å². The fourth-order valence-electron chi connectivity index (χ4n) is 2.63. The third kappa shape index (κ3) is 6.17. The molecule has 146 valence electrons. The largest absolute Gasteiger partial charge is 0.494 e. The summed E-state index contributed by atoms with van der Waals surface area (Å²) in [7, 11) is 0. The first kappa shape index (κ1) is 20.6. The lowest BCUT2D eigenvalue weighted by molar-refractivity contribution is 0.318. The molecule has 1 heterocycles. The number of aromatic nitrogens is 3. The standard InChI is InChI=1S/C22H25N3OS2/c1-3-13-25-21(17-28-20-11-5-4-6-12-20)23-24-22(25)27-15-8-14-26-19-10-7-9-18(2)16-19/h3-7,9-12,16H,1,8,13-15,17H2,2H3. The maximum Gasteiger partial charge on any atom is 0.191 e. The number of nitrogens with zero attached hydrogens (tertiary/aromatic N) is 3. The highest BCUT2D eigenvalue weighted by Gasteiger charge is 2.12. The minimum atomic E-state index is 0.697. The number of allylic oxidation sites excluding steroid dienone is 1. The Morgan fingerprint density at radius 2 is 1.93 bits per heavy atom. The monoisotopic (exact) mass is 411 g/mol. The SMILES string of the molecule is C=CCn1c(CSc2ccccc2)nnc1SCCCOc1cccc(C)c1. The van der Waals surface area contributed by atoms with Crippen LogP contribution in [-0.2, 0) is 12.3 Å². The topological polar surface area (TPSA) is 39.9 Å². The lowest BCUT2D eigenvalue weighted by Crippen LogP contribution is -2.04. The first-order chi connectivity index (χ1) is 13.8. The number of hydrogen-bond donors (Lipinski definition) is 0. The normalized spacial score (nSPS) is 10.8. The lowest BCUT2D eigenvalue weighted by Gasteiger charge is -2.08. The first-order valence-corrected chi connectivity index (χ1v) is 11.3. The van der Waals surface area contributed by atoms with Gasteiger partial charge in [-0.1, -0.05) is 48.2 Å². The van der Waals surface area contributed by atoms with Gasteiger partial charge in [-0.2, -0.15) is 0 Å². The first-order valence-electron chi connectivity index (χ1n) is 9.29. The van der Waals surface area contributed by atoms with Crippen LogP contribution in [0, 0.1) is 6.92 Å². The molecule has 1 aromatic heterocycles. The molecule has 0 saturated heterocycles. The Morgan fingerprint density at radius 1 is 1.07 bits per heavy atom. The van der Waals surface area contributed by atoms with Crippen LogP contribution in [0.2, 0.25) is 0 Å². The fourth-order valence-corrected chi connectivity index (χ4v) is 4.37. The quantitative estimate of drug-likeness (QED) is 0.232. The van der Waals surface area contributed by atoms with Gasteiger partial charge in [0, 0.05) is 17.2 Å². The molecular weight excluding hydrogens is 386 g/mol. The molecule has 0 unspecified atom stereocenters. The van der Waals surface area contributed by atoms with Crippen molar-refractivity contribution in [1.29, 1.82) is 0 Å². The van der Waals surface area contributed by atoms with Crippen molar-refractivity contribution >= 4 is 23.5 Å². The van der Waals surface area contributed by atoms with E-state index in [4.69, 9.17) is 4.74 Å². The molecule has 3 rings (SSSR count). The van der Waals surface area contributed by atoms with Gasteiger partial charge in [0.05, 0.1) is 12.4 Å². The van der Waals surface area contributed by atoms with Crippen LogP contribution in [0.1, 0.15) is 17.8 Å². The average molecular weight is 412 g/mol.